The van der Waals surface area contributed by atoms with Crippen LogP contribution in [0.15, 0.2) is 46.9 Å². The van der Waals surface area contributed by atoms with Gasteiger partial charge in [-0.3, -0.25) is 48.3 Å². The number of piperidine rings is 2. The number of nitrogens with one attached hydrogen (secondary N) is 2. The zero-order chi connectivity index (χ0) is 46.3. The number of alkyl halides is 3. The Morgan fingerprint density at radius 3 is 2.51 bits per heavy atom. The number of nitrogens with two attached hydrogens (primary N) is 1. The molecule has 0 saturated carbocycles. The smallest absolute Gasteiger partial charge is 0.389 e. The van der Waals surface area contributed by atoms with E-state index in [2.05, 4.69) is 49.9 Å². The molecule has 4 amide bonds. The molecule has 4 aliphatic rings. The van der Waals surface area contributed by atoms with Crippen LogP contribution in [0.4, 0.5) is 24.8 Å². The number of hydrogen-bond acceptors (Lipinski definition) is 17. The maximum atomic E-state index is 13.9. The van der Waals surface area contributed by atoms with Gasteiger partial charge in [0, 0.05) is 100 Å². The summed E-state index contributed by atoms with van der Waals surface area (Å²) in [6.45, 7) is 9.84. The fourth-order valence-corrected chi connectivity index (χ4v) is 9.03. The van der Waals surface area contributed by atoms with E-state index >= 15 is 0 Å². The minimum Gasteiger partial charge on any atom is -0.389 e. The second-order valence-electron chi connectivity index (χ2n) is 16.9. The summed E-state index contributed by atoms with van der Waals surface area (Å²) in [6, 6.07) is 4.16. The predicted octanol–water partition coefficient (Wildman–Crippen LogP) is 2.67. The number of aliphatic hydroxyl groups is 1. The Bertz CT molecular complexity index is 2270. The predicted molar refractivity (Wildman–Crippen MR) is 237 cm³/mol. The van der Waals surface area contributed by atoms with Crippen LogP contribution >= 0.6 is 11.9 Å². The van der Waals surface area contributed by atoms with Crippen molar-refractivity contribution in [3.63, 3.8) is 0 Å². The standard InChI is InChI=1S/C42H54F3N13O6S/c1-41(2,63)26-56-24-27(21-49-56)36-33(42(43,44)45)23-48-40(52-36)50-28-8-11-57(12-9-28)65-19-3-18-64-25-29(53-46)22-47-10-13-54-14-16-55(17-15-54)30-4-5-31-32(20-30)39(62)58(38(31)61)34-6-7-35(59)51-37(34)60/h4-5,20-24,28,34,63H,3,6-19,25-26,46H2,1-2H3,(H,48,50,52)(H,51,59,60)/b47-22?,53-29+. The highest BCUT2D eigenvalue weighted by Gasteiger charge is 2.45. The third-order valence-electron chi connectivity index (χ3n) is 11.4. The maximum absolute atomic E-state index is 13.9. The molecular formula is C42H54F3N13O6S. The lowest BCUT2D eigenvalue weighted by atomic mass is 10.0. The number of hydrazone groups is 1. The second kappa shape index (κ2) is 20.8. The molecule has 3 aromatic rings. The number of amides is 4. The van der Waals surface area contributed by atoms with Gasteiger partial charge in [-0.15, -0.1) is 0 Å². The number of benzene rings is 1. The summed E-state index contributed by atoms with van der Waals surface area (Å²) < 4.78 is 51.1. The van der Waals surface area contributed by atoms with E-state index in [4.69, 9.17) is 10.6 Å². The van der Waals surface area contributed by atoms with Gasteiger partial charge in [-0.25, -0.2) is 9.97 Å². The summed E-state index contributed by atoms with van der Waals surface area (Å²) in [5.41, 5.74) is -0.266. The van der Waals surface area contributed by atoms with Crippen LogP contribution in [0.3, 0.4) is 0 Å². The van der Waals surface area contributed by atoms with Gasteiger partial charge in [-0.2, -0.15) is 23.4 Å². The van der Waals surface area contributed by atoms with Crippen molar-refractivity contribution in [1.82, 2.24) is 39.2 Å². The van der Waals surface area contributed by atoms with E-state index in [1.165, 1.54) is 17.1 Å². The zero-order valence-corrected chi connectivity index (χ0v) is 37.1. The molecule has 23 heteroatoms. The van der Waals surface area contributed by atoms with Crippen molar-refractivity contribution in [3.05, 3.63) is 53.5 Å². The van der Waals surface area contributed by atoms with Gasteiger partial charge >= 0.3 is 6.18 Å². The lowest BCUT2D eigenvalue weighted by Gasteiger charge is -2.36. The minimum atomic E-state index is -4.66. The summed E-state index contributed by atoms with van der Waals surface area (Å²) in [6.07, 6.45) is 3.03. The van der Waals surface area contributed by atoms with Crippen LogP contribution in [0.1, 0.15) is 72.2 Å². The van der Waals surface area contributed by atoms with E-state index in [1.807, 2.05) is 6.07 Å². The van der Waals surface area contributed by atoms with Crippen LogP contribution in [0.5, 0.6) is 0 Å². The number of hydrogen-bond donors (Lipinski definition) is 4. The number of rotatable bonds is 18. The fourth-order valence-electron chi connectivity index (χ4n) is 8.05. The number of imide groups is 2. The number of ether oxygens (including phenoxy) is 1. The van der Waals surface area contributed by atoms with Gasteiger partial charge in [0.1, 0.15) is 17.3 Å². The second-order valence-corrected chi connectivity index (χ2v) is 18.1. The molecule has 0 radical (unpaired) electrons. The fraction of sp³-hybridized carbons (Fsp3) is 0.548. The van der Waals surface area contributed by atoms with E-state index in [-0.39, 0.29) is 60.4 Å². The van der Waals surface area contributed by atoms with E-state index in [0.29, 0.717) is 32.0 Å². The van der Waals surface area contributed by atoms with Gasteiger partial charge < -0.3 is 25.9 Å². The highest BCUT2D eigenvalue weighted by Crippen LogP contribution is 2.37. The molecule has 65 heavy (non-hydrogen) atoms. The molecular weight excluding hydrogens is 872 g/mol. The first-order valence-corrected chi connectivity index (χ1v) is 22.5. The van der Waals surface area contributed by atoms with Crippen LogP contribution in [0, 0.1) is 0 Å². The lowest BCUT2D eigenvalue weighted by Crippen LogP contribution is -2.54. The molecule has 1 aromatic carbocycles. The molecule has 6 heterocycles. The Hall–Kier alpha value is -5.49. The number of aliphatic imine (C=N–C) groups is 1. The minimum absolute atomic E-state index is 0.00674. The van der Waals surface area contributed by atoms with Gasteiger partial charge in [0.15, 0.2) is 0 Å². The summed E-state index contributed by atoms with van der Waals surface area (Å²) in [7, 11) is 0. The molecule has 19 nitrogen and oxygen atoms in total. The molecule has 5 N–H and O–H groups in total. The molecule has 3 saturated heterocycles. The topological polar surface area (TPSA) is 229 Å². The number of piperazine rings is 1. The molecule has 0 aliphatic carbocycles. The van der Waals surface area contributed by atoms with Gasteiger partial charge in [0.25, 0.3) is 11.8 Å². The first-order chi connectivity index (χ1) is 31.1. The molecule has 0 bridgehead atoms. The van der Waals surface area contributed by atoms with Gasteiger partial charge in [-0.1, -0.05) is 11.9 Å². The number of carbonyl (C=O) groups is 4. The van der Waals surface area contributed by atoms with Gasteiger partial charge in [0.05, 0.1) is 48.3 Å². The lowest BCUT2D eigenvalue weighted by molar-refractivity contribution is -0.138. The summed E-state index contributed by atoms with van der Waals surface area (Å²) in [5.74, 6) is 4.46. The van der Waals surface area contributed by atoms with Crippen LogP contribution in [0.25, 0.3) is 11.3 Å². The van der Waals surface area contributed by atoms with Crippen molar-refractivity contribution in [2.75, 3.05) is 81.5 Å². The number of halogens is 3. The van der Waals surface area contributed by atoms with Crippen LogP contribution in [0.2, 0.25) is 0 Å². The van der Waals surface area contributed by atoms with E-state index in [1.54, 1.807) is 44.1 Å². The number of anilines is 2. The molecule has 7 rings (SSSR count). The molecule has 3 fully saturated rings. The van der Waals surface area contributed by atoms with E-state index < -0.39 is 47.0 Å². The highest BCUT2D eigenvalue weighted by atomic mass is 32.2. The molecule has 4 aliphatic heterocycles. The van der Waals surface area contributed by atoms with Crippen LogP contribution in [-0.4, -0.2) is 164 Å². The van der Waals surface area contributed by atoms with Crippen molar-refractivity contribution in [2.45, 2.75) is 76.4 Å². The van der Waals surface area contributed by atoms with Crippen molar-refractivity contribution in [3.8, 4) is 11.3 Å². The molecule has 0 spiro atoms. The zero-order valence-electron chi connectivity index (χ0n) is 36.3. The third kappa shape index (κ3) is 12.2. The first-order valence-electron chi connectivity index (χ1n) is 21.6. The third-order valence-corrected chi connectivity index (χ3v) is 12.6. The normalized spacial score (nSPS) is 19.7. The van der Waals surface area contributed by atoms with Crippen LogP contribution in [-0.2, 0) is 27.0 Å². The molecule has 2 aromatic heterocycles. The average molecular weight is 926 g/mol. The Morgan fingerprint density at radius 1 is 1.05 bits per heavy atom. The van der Waals surface area contributed by atoms with E-state index in [0.717, 1.165) is 74.5 Å². The molecule has 1 atom stereocenters. The summed E-state index contributed by atoms with van der Waals surface area (Å²) in [5, 5.41) is 23.5. The van der Waals surface area contributed by atoms with E-state index in [9.17, 15) is 37.5 Å². The van der Waals surface area contributed by atoms with Crippen LogP contribution < -0.4 is 21.4 Å². The largest absolute Gasteiger partial charge is 0.419 e. The SMILES string of the molecule is CC(C)(O)Cn1cc(-c2nc(NC3CCN(SCCCOC/C(C=NCCN4CCN(c5ccc6c(c5)C(=O)N(C5CCC(=O)NC5=O)C6=O)CC4)=N/N)CC3)ncc2C(F)(F)F)cn1. The van der Waals surface area contributed by atoms with Crippen molar-refractivity contribution >= 4 is 59.1 Å². The molecule has 1 unspecified atom stereocenters. The highest BCUT2D eigenvalue weighted by molar-refractivity contribution is 7.97. The Morgan fingerprint density at radius 2 is 1.80 bits per heavy atom. The maximum Gasteiger partial charge on any atom is 0.419 e. The first kappa shape index (κ1) is 47.5. The number of nitrogens with zero attached hydrogens (tertiary/aromatic N) is 10. The number of fused-ring (bicyclic) bond motifs is 1. The Kier molecular flexibility index (Phi) is 15.2. The Labute approximate surface area is 378 Å². The van der Waals surface area contributed by atoms with Gasteiger partial charge in [0.2, 0.25) is 17.8 Å². The summed E-state index contributed by atoms with van der Waals surface area (Å²) in [4.78, 5) is 68.5. The monoisotopic (exact) mass is 925 g/mol. The number of aromatic nitrogens is 4. The number of carbonyl (C=O) groups excluding carboxylic acids is 4. The summed E-state index contributed by atoms with van der Waals surface area (Å²) >= 11 is 1.72. The Balaban J connectivity index is 0.757. The van der Waals surface area contributed by atoms with Crippen molar-refractivity contribution < 1.29 is 42.2 Å². The average Bonchev–Trinajstić information content (AvgIpc) is 3.82. The van der Waals surface area contributed by atoms with Gasteiger partial charge in [-0.05, 0) is 57.7 Å². The quantitative estimate of drug-likeness (QED) is 0.0359. The molecule has 350 valence electrons. The van der Waals surface area contributed by atoms with Crippen molar-refractivity contribution in [2.24, 2.45) is 15.9 Å². The van der Waals surface area contributed by atoms with Crippen molar-refractivity contribution in [1.29, 1.82) is 0 Å².